The van der Waals surface area contributed by atoms with E-state index in [-0.39, 0.29) is 34.5 Å². The Kier molecular flexibility index (Phi) is 5.40. The zero-order chi connectivity index (χ0) is 21.3. The number of rotatable bonds is 3. The van der Waals surface area contributed by atoms with Gasteiger partial charge in [0.05, 0.1) is 17.3 Å². The molecule has 30 heavy (non-hydrogen) atoms. The van der Waals surface area contributed by atoms with Gasteiger partial charge in [-0.3, -0.25) is 14.4 Å². The summed E-state index contributed by atoms with van der Waals surface area (Å²) >= 11 is 6.06. The van der Waals surface area contributed by atoms with Gasteiger partial charge in [0.2, 0.25) is 5.96 Å². The second kappa shape index (κ2) is 8.00. The SMILES string of the molecule is O=C(NC1=NCC2=CN(S(=O)(=O)c3ccccc3Cl)CCC2=N1)c1cccc(F)c1. The number of sulfonamides is 1. The van der Waals surface area contributed by atoms with E-state index >= 15 is 0 Å². The maximum atomic E-state index is 13.3. The molecule has 0 atom stereocenters. The van der Waals surface area contributed by atoms with Gasteiger partial charge in [-0.05, 0) is 30.3 Å². The van der Waals surface area contributed by atoms with Gasteiger partial charge in [-0.2, -0.15) is 0 Å². The number of carbonyl (C=O) groups excluding carboxylic acids is 1. The zero-order valence-electron chi connectivity index (χ0n) is 15.5. The Morgan fingerprint density at radius 2 is 1.97 bits per heavy atom. The van der Waals surface area contributed by atoms with Crippen LogP contribution in [0, 0.1) is 5.82 Å². The van der Waals surface area contributed by atoms with Crippen molar-refractivity contribution in [2.75, 3.05) is 13.1 Å². The van der Waals surface area contributed by atoms with Crippen LogP contribution in [0.3, 0.4) is 0 Å². The monoisotopic (exact) mass is 446 g/mol. The molecule has 2 aromatic carbocycles. The number of nitrogens with one attached hydrogen (secondary N) is 1. The minimum Gasteiger partial charge on any atom is -0.291 e. The van der Waals surface area contributed by atoms with E-state index in [2.05, 4.69) is 15.3 Å². The summed E-state index contributed by atoms with van der Waals surface area (Å²) in [6.07, 6.45) is 1.85. The molecule has 2 aliphatic rings. The summed E-state index contributed by atoms with van der Waals surface area (Å²) in [5.41, 5.74) is 1.44. The van der Waals surface area contributed by atoms with E-state index in [9.17, 15) is 17.6 Å². The number of fused-ring (bicyclic) bond motifs is 1. The molecule has 10 heteroatoms. The molecule has 0 saturated heterocycles. The van der Waals surface area contributed by atoms with Gasteiger partial charge in [0.1, 0.15) is 10.7 Å². The lowest BCUT2D eigenvalue weighted by Gasteiger charge is -2.28. The highest BCUT2D eigenvalue weighted by Crippen LogP contribution is 2.27. The summed E-state index contributed by atoms with van der Waals surface area (Å²) < 4.78 is 40.4. The molecule has 1 N–H and O–H groups in total. The third-order valence-corrected chi connectivity index (χ3v) is 6.87. The molecule has 2 aromatic rings. The van der Waals surface area contributed by atoms with Crippen LogP contribution in [0.1, 0.15) is 16.8 Å². The summed E-state index contributed by atoms with van der Waals surface area (Å²) in [5.74, 6) is -0.931. The van der Waals surface area contributed by atoms with Crippen LogP contribution >= 0.6 is 11.6 Å². The van der Waals surface area contributed by atoms with E-state index in [1.165, 1.54) is 40.8 Å². The number of carbonyl (C=O) groups is 1. The lowest BCUT2D eigenvalue weighted by molar-refractivity contribution is 0.0976. The lowest BCUT2D eigenvalue weighted by atomic mass is 10.1. The zero-order valence-corrected chi connectivity index (χ0v) is 17.1. The highest BCUT2D eigenvalue weighted by Gasteiger charge is 2.30. The number of amides is 1. The minimum absolute atomic E-state index is 0.0336. The van der Waals surface area contributed by atoms with Gasteiger partial charge < -0.3 is 0 Å². The second-order valence-corrected chi connectivity index (χ2v) is 8.88. The van der Waals surface area contributed by atoms with Crippen LogP contribution in [0.4, 0.5) is 4.39 Å². The molecular formula is C20H16ClFN4O3S. The molecule has 0 bridgehead atoms. The average molecular weight is 447 g/mol. The highest BCUT2D eigenvalue weighted by molar-refractivity contribution is 7.89. The van der Waals surface area contributed by atoms with E-state index in [0.29, 0.717) is 17.7 Å². The number of nitrogens with zero attached hydrogens (tertiary/aromatic N) is 3. The molecule has 4 rings (SSSR count). The summed E-state index contributed by atoms with van der Waals surface area (Å²) in [6, 6.07) is 11.5. The summed E-state index contributed by atoms with van der Waals surface area (Å²) in [5, 5.41) is 2.70. The van der Waals surface area contributed by atoms with Crippen molar-refractivity contribution >= 4 is 39.2 Å². The first-order valence-electron chi connectivity index (χ1n) is 9.01. The van der Waals surface area contributed by atoms with E-state index in [4.69, 9.17) is 11.6 Å². The smallest absolute Gasteiger partial charge is 0.265 e. The number of benzene rings is 2. The van der Waals surface area contributed by atoms with Gasteiger partial charge in [-0.15, -0.1) is 0 Å². The first-order chi connectivity index (χ1) is 14.3. The summed E-state index contributed by atoms with van der Waals surface area (Å²) in [6.45, 7) is 0.340. The standard InChI is InChI=1S/C20H16ClFN4O3S/c21-16-6-1-2-7-18(16)30(28,29)26-9-8-17-14(12-26)11-23-20(24-17)25-19(27)13-4-3-5-15(22)10-13/h1-7,10,12H,8-9,11H2,(H,23,25,27). The highest BCUT2D eigenvalue weighted by atomic mass is 35.5. The molecule has 0 aromatic heterocycles. The second-order valence-electron chi connectivity index (χ2n) is 6.61. The number of aliphatic imine (C=N–C) groups is 2. The third kappa shape index (κ3) is 3.99. The fourth-order valence-electron chi connectivity index (χ4n) is 3.11. The molecule has 2 aliphatic heterocycles. The maximum Gasteiger partial charge on any atom is 0.265 e. The van der Waals surface area contributed by atoms with E-state index in [1.54, 1.807) is 12.1 Å². The molecule has 154 valence electrons. The first-order valence-corrected chi connectivity index (χ1v) is 10.8. The molecule has 0 fully saturated rings. The quantitative estimate of drug-likeness (QED) is 0.785. The third-order valence-electron chi connectivity index (χ3n) is 4.61. The van der Waals surface area contributed by atoms with Gasteiger partial charge >= 0.3 is 0 Å². The summed E-state index contributed by atoms with van der Waals surface area (Å²) in [4.78, 5) is 20.8. The van der Waals surface area contributed by atoms with Crippen molar-refractivity contribution < 1.29 is 17.6 Å². The van der Waals surface area contributed by atoms with E-state index in [0.717, 1.165) is 6.07 Å². The van der Waals surface area contributed by atoms with Crippen molar-refractivity contribution in [2.24, 2.45) is 9.98 Å². The Labute approximate surface area is 177 Å². The molecule has 2 heterocycles. The van der Waals surface area contributed by atoms with Crippen molar-refractivity contribution in [1.82, 2.24) is 9.62 Å². The van der Waals surface area contributed by atoms with Gasteiger partial charge in [-0.25, -0.2) is 22.8 Å². The number of halogens is 2. The Bertz CT molecular complexity index is 1220. The Balaban J connectivity index is 1.52. The van der Waals surface area contributed by atoms with Gasteiger partial charge in [0.25, 0.3) is 15.9 Å². The van der Waals surface area contributed by atoms with Crippen LogP contribution in [0.2, 0.25) is 5.02 Å². The molecule has 1 amide bonds. The van der Waals surface area contributed by atoms with Crippen molar-refractivity contribution in [3.63, 3.8) is 0 Å². The fourth-order valence-corrected chi connectivity index (χ4v) is 4.96. The van der Waals surface area contributed by atoms with Crippen LogP contribution in [-0.4, -0.2) is 43.4 Å². The van der Waals surface area contributed by atoms with Gasteiger partial charge in [0.15, 0.2) is 0 Å². The molecule has 0 spiro atoms. The van der Waals surface area contributed by atoms with Gasteiger partial charge in [0, 0.05) is 30.3 Å². The van der Waals surface area contributed by atoms with E-state index < -0.39 is 21.7 Å². The van der Waals surface area contributed by atoms with Crippen LogP contribution in [0.25, 0.3) is 0 Å². The topological polar surface area (TPSA) is 91.2 Å². The predicted octanol–water partition coefficient (Wildman–Crippen LogP) is 3.00. The molecule has 0 unspecified atom stereocenters. The average Bonchev–Trinajstić information content (AvgIpc) is 2.73. The normalized spacial score (nSPS) is 16.2. The number of guanidine groups is 1. The summed E-state index contributed by atoms with van der Waals surface area (Å²) in [7, 11) is -3.80. The maximum absolute atomic E-state index is 13.3. The molecule has 0 aliphatic carbocycles. The van der Waals surface area contributed by atoms with E-state index in [1.807, 2.05) is 0 Å². The predicted molar refractivity (Wildman–Crippen MR) is 112 cm³/mol. The Morgan fingerprint density at radius 3 is 2.73 bits per heavy atom. The Hall–Kier alpha value is -3.04. The van der Waals surface area contributed by atoms with Crippen molar-refractivity contribution in [3.05, 3.63) is 76.7 Å². The van der Waals surface area contributed by atoms with Crippen LogP contribution in [-0.2, 0) is 10.0 Å². The molecule has 7 nitrogen and oxygen atoms in total. The fraction of sp³-hybridized carbons (Fsp3) is 0.150. The van der Waals surface area contributed by atoms with Crippen molar-refractivity contribution in [3.8, 4) is 0 Å². The molecule has 0 saturated carbocycles. The first kappa shape index (κ1) is 20.2. The Morgan fingerprint density at radius 1 is 1.17 bits per heavy atom. The minimum atomic E-state index is -3.80. The van der Waals surface area contributed by atoms with Crippen LogP contribution < -0.4 is 5.32 Å². The van der Waals surface area contributed by atoms with Gasteiger partial charge in [-0.1, -0.05) is 29.8 Å². The van der Waals surface area contributed by atoms with Crippen molar-refractivity contribution in [1.29, 1.82) is 0 Å². The molecular weight excluding hydrogens is 431 g/mol. The van der Waals surface area contributed by atoms with Crippen LogP contribution in [0.5, 0.6) is 0 Å². The largest absolute Gasteiger partial charge is 0.291 e. The molecule has 0 radical (unpaired) electrons. The van der Waals surface area contributed by atoms with Crippen LogP contribution in [0.15, 0.2) is 75.2 Å². The lowest BCUT2D eigenvalue weighted by Crippen LogP contribution is -2.37. The number of hydrogen-bond donors (Lipinski definition) is 1. The van der Waals surface area contributed by atoms with Crippen molar-refractivity contribution in [2.45, 2.75) is 11.3 Å². The number of hydrogen-bond acceptors (Lipinski definition) is 5.